The molecule has 1 aromatic rings. The van der Waals surface area contributed by atoms with Crippen LogP contribution in [-0.2, 0) is 11.2 Å². The summed E-state index contributed by atoms with van der Waals surface area (Å²) in [6.45, 7) is 2.35. The Morgan fingerprint density at radius 1 is 1.50 bits per heavy atom. The monoisotopic (exact) mass is 237 g/mol. The van der Waals surface area contributed by atoms with Crippen LogP contribution in [-0.4, -0.2) is 23.6 Å². The molecule has 0 aromatic heterocycles. The predicted molar refractivity (Wildman–Crippen MR) is 62.0 cm³/mol. The Balaban J connectivity index is 2.19. The molecule has 16 heavy (non-hydrogen) atoms. The van der Waals surface area contributed by atoms with Gasteiger partial charge in [0.15, 0.2) is 0 Å². The van der Waals surface area contributed by atoms with E-state index in [1.165, 1.54) is 0 Å². The lowest BCUT2D eigenvalue weighted by molar-refractivity contribution is 0.173. The molecule has 4 heteroatoms. The first kappa shape index (κ1) is 9.97. The van der Waals surface area contributed by atoms with E-state index in [0.717, 1.165) is 17.7 Å². The predicted octanol–water partition coefficient (Wildman–Crippen LogP) is 2.57. The number of amides is 1. The van der Waals surface area contributed by atoms with Gasteiger partial charge < -0.3 is 4.74 Å². The van der Waals surface area contributed by atoms with Crippen molar-refractivity contribution >= 4 is 23.4 Å². The number of hydrogen-bond acceptors (Lipinski definition) is 2. The van der Waals surface area contributed by atoms with E-state index in [2.05, 4.69) is 0 Å². The van der Waals surface area contributed by atoms with Gasteiger partial charge in [0.2, 0.25) is 0 Å². The fourth-order valence-corrected chi connectivity index (χ4v) is 2.79. The number of anilines is 1. The van der Waals surface area contributed by atoms with Crippen molar-refractivity contribution in [1.82, 2.24) is 0 Å². The summed E-state index contributed by atoms with van der Waals surface area (Å²) in [7, 11) is 0. The maximum Gasteiger partial charge on any atom is 0.415 e. The van der Waals surface area contributed by atoms with Gasteiger partial charge in [-0.2, -0.15) is 0 Å². The zero-order valence-corrected chi connectivity index (χ0v) is 9.70. The summed E-state index contributed by atoms with van der Waals surface area (Å²) < 4.78 is 5.13. The van der Waals surface area contributed by atoms with Crippen LogP contribution in [0.25, 0.3) is 0 Å². The number of carbonyl (C=O) groups is 1. The Labute approximate surface area is 98.9 Å². The normalized spacial score (nSPS) is 32.0. The van der Waals surface area contributed by atoms with E-state index in [-0.39, 0.29) is 11.5 Å². The van der Waals surface area contributed by atoms with Gasteiger partial charge in [-0.15, -0.1) is 11.6 Å². The molecule has 2 aliphatic rings. The first-order valence-electron chi connectivity index (χ1n) is 5.32. The summed E-state index contributed by atoms with van der Waals surface area (Å²) in [6, 6.07) is 7.85. The average Bonchev–Trinajstić information content (AvgIpc) is 2.58. The summed E-state index contributed by atoms with van der Waals surface area (Å²) >= 11 is 6.38. The number of fused-ring (bicyclic) bond motifs is 3. The molecule has 0 bridgehead atoms. The van der Waals surface area contributed by atoms with E-state index < -0.39 is 5.54 Å². The quantitative estimate of drug-likeness (QED) is 0.649. The van der Waals surface area contributed by atoms with E-state index in [4.69, 9.17) is 16.3 Å². The highest BCUT2D eigenvalue weighted by atomic mass is 35.5. The van der Waals surface area contributed by atoms with Gasteiger partial charge in [-0.05, 0) is 25.0 Å². The molecular weight excluding hydrogens is 226 g/mol. The van der Waals surface area contributed by atoms with Gasteiger partial charge in [-0.25, -0.2) is 4.79 Å². The van der Waals surface area contributed by atoms with Crippen molar-refractivity contribution in [2.45, 2.75) is 24.3 Å². The minimum atomic E-state index is -0.410. The van der Waals surface area contributed by atoms with E-state index in [9.17, 15) is 4.79 Å². The van der Waals surface area contributed by atoms with E-state index >= 15 is 0 Å². The van der Waals surface area contributed by atoms with E-state index in [1.807, 2.05) is 31.2 Å². The van der Waals surface area contributed by atoms with Gasteiger partial charge in [0, 0.05) is 0 Å². The number of para-hydroxylation sites is 1. The van der Waals surface area contributed by atoms with E-state index in [0.29, 0.717) is 6.61 Å². The third-order valence-corrected chi connectivity index (χ3v) is 4.11. The molecule has 1 fully saturated rings. The van der Waals surface area contributed by atoms with Crippen LogP contribution < -0.4 is 4.90 Å². The molecule has 0 N–H and O–H groups in total. The highest BCUT2D eigenvalue weighted by Gasteiger charge is 2.52. The number of carbonyl (C=O) groups excluding carboxylic acids is 1. The second-order valence-corrected chi connectivity index (χ2v) is 5.07. The number of halogens is 1. The molecule has 0 aliphatic carbocycles. The fraction of sp³-hybridized carbons (Fsp3) is 0.417. The molecule has 0 saturated carbocycles. The number of benzene rings is 1. The van der Waals surface area contributed by atoms with Crippen molar-refractivity contribution < 1.29 is 9.53 Å². The molecule has 2 heterocycles. The second-order valence-electron chi connectivity index (χ2n) is 4.55. The lowest BCUT2D eigenvalue weighted by Crippen LogP contribution is -2.55. The molecule has 0 unspecified atom stereocenters. The summed E-state index contributed by atoms with van der Waals surface area (Å²) in [5.41, 5.74) is 1.63. The van der Waals surface area contributed by atoms with Crippen LogP contribution in [0.1, 0.15) is 12.5 Å². The summed E-state index contributed by atoms with van der Waals surface area (Å²) in [5, 5.41) is -0.103. The van der Waals surface area contributed by atoms with Crippen LogP contribution in [0.4, 0.5) is 10.5 Å². The first-order chi connectivity index (χ1) is 7.63. The first-order valence-corrected chi connectivity index (χ1v) is 5.75. The molecule has 0 radical (unpaired) electrons. The smallest absolute Gasteiger partial charge is 0.415 e. The number of alkyl halides is 1. The Morgan fingerprint density at radius 3 is 3.06 bits per heavy atom. The van der Waals surface area contributed by atoms with Crippen molar-refractivity contribution in [3.05, 3.63) is 29.8 Å². The Morgan fingerprint density at radius 2 is 2.25 bits per heavy atom. The molecule has 0 spiro atoms. The third kappa shape index (κ3) is 1.12. The van der Waals surface area contributed by atoms with Crippen LogP contribution in [0, 0.1) is 0 Å². The Hall–Kier alpha value is -1.22. The second kappa shape index (κ2) is 3.14. The van der Waals surface area contributed by atoms with Crippen molar-refractivity contribution in [1.29, 1.82) is 0 Å². The van der Waals surface area contributed by atoms with Crippen molar-refractivity contribution in [2.75, 3.05) is 11.5 Å². The summed E-state index contributed by atoms with van der Waals surface area (Å²) in [6.07, 6.45) is 0.488. The zero-order chi connectivity index (χ0) is 11.3. The topological polar surface area (TPSA) is 29.5 Å². The van der Waals surface area contributed by atoms with Gasteiger partial charge in [0.25, 0.3) is 0 Å². The van der Waals surface area contributed by atoms with Gasteiger partial charge in [0.05, 0.1) is 16.6 Å². The lowest BCUT2D eigenvalue weighted by Gasteiger charge is -2.41. The number of hydrogen-bond donors (Lipinski definition) is 0. The molecule has 3 nitrogen and oxygen atoms in total. The van der Waals surface area contributed by atoms with E-state index in [1.54, 1.807) is 4.90 Å². The highest BCUT2D eigenvalue weighted by molar-refractivity contribution is 6.23. The fourth-order valence-electron chi connectivity index (χ4n) is 2.46. The molecule has 2 aliphatic heterocycles. The Bertz CT molecular complexity index is 462. The van der Waals surface area contributed by atoms with Crippen LogP contribution in [0.3, 0.4) is 0 Å². The zero-order valence-electron chi connectivity index (χ0n) is 8.94. The minimum absolute atomic E-state index is 0.103. The van der Waals surface area contributed by atoms with Crippen LogP contribution in [0.15, 0.2) is 24.3 Å². The summed E-state index contributed by atoms with van der Waals surface area (Å²) in [4.78, 5) is 13.5. The molecule has 84 valence electrons. The van der Waals surface area contributed by atoms with Crippen molar-refractivity contribution in [2.24, 2.45) is 0 Å². The average molecular weight is 238 g/mol. The molecule has 1 aromatic carbocycles. The van der Waals surface area contributed by atoms with Crippen molar-refractivity contribution in [3.8, 4) is 0 Å². The van der Waals surface area contributed by atoms with Crippen LogP contribution >= 0.6 is 11.6 Å². The number of nitrogens with zero attached hydrogens (tertiary/aromatic N) is 1. The van der Waals surface area contributed by atoms with Gasteiger partial charge in [-0.1, -0.05) is 18.2 Å². The van der Waals surface area contributed by atoms with Crippen LogP contribution in [0.2, 0.25) is 0 Å². The molecule has 1 saturated heterocycles. The molecular formula is C12H12ClNO2. The number of rotatable bonds is 0. The van der Waals surface area contributed by atoms with Gasteiger partial charge in [-0.3, -0.25) is 4.90 Å². The maximum absolute atomic E-state index is 11.8. The molecule has 1 amide bonds. The largest absolute Gasteiger partial charge is 0.447 e. The lowest BCUT2D eigenvalue weighted by atomic mass is 9.86. The Kier molecular flexibility index (Phi) is 1.96. The maximum atomic E-state index is 11.8. The van der Waals surface area contributed by atoms with Crippen LogP contribution in [0.5, 0.6) is 0 Å². The molecule has 3 rings (SSSR count). The standard InChI is InChI=1S/C12H12ClNO2/c1-12-7-16-11(15)14(12)9-5-3-2-4-8(9)6-10(12)13/h2-5,10H,6-7H2,1H3/t10-,12-/m0/s1. The SMILES string of the molecule is C[C@@]12COC(=O)N1c1ccccc1C[C@@H]2Cl. The minimum Gasteiger partial charge on any atom is -0.447 e. The number of cyclic esters (lactones) is 1. The van der Waals surface area contributed by atoms with Crippen molar-refractivity contribution in [3.63, 3.8) is 0 Å². The number of ether oxygens (including phenoxy) is 1. The molecule has 2 atom stereocenters. The van der Waals surface area contributed by atoms with Gasteiger partial charge in [0.1, 0.15) is 6.61 Å². The highest BCUT2D eigenvalue weighted by Crippen LogP contribution is 2.42. The van der Waals surface area contributed by atoms with Gasteiger partial charge >= 0.3 is 6.09 Å². The third-order valence-electron chi connectivity index (χ3n) is 3.49. The summed E-state index contributed by atoms with van der Waals surface area (Å²) in [5.74, 6) is 0.